The number of aryl methyl sites for hydroxylation is 1. The molecule has 0 aromatic heterocycles. The van der Waals surface area contributed by atoms with Crippen molar-refractivity contribution >= 4 is 5.96 Å². The summed E-state index contributed by atoms with van der Waals surface area (Å²) < 4.78 is 42.3. The second-order valence-corrected chi connectivity index (χ2v) is 6.77. The summed E-state index contributed by atoms with van der Waals surface area (Å²) in [6, 6.07) is 5.24. The Morgan fingerprint density at radius 2 is 1.96 bits per heavy atom. The molecular weight excluding hydrogens is 357 g/mol. The van der Waals surface area contributed by atoms with Gasteiger partial charge >= 0.3 is 6.18 Å². The number of nitrogens with one attached hydrogen (secondary N) is 2. The van der Waals surface area contributed by atoms with Crippen LogP contribution in [0.5, 0.6) is 5.75 Å². The number of ether oxygens (including phenoxy) is 1. The van der Waals surface area contributed by atoms with E-state index in [1.54, 1.807) is 19.2 Å². The van der Waals surface area contributed by atoms with Crippen LogP contribution in [0.1, 0.15) is 30.4 Å². The van der Waals surface area contributed by atoms with E-state index in [-0.39, 0.29) is 5.75 Å². The largest absolute Gasteiger partial charge is 0.484 e. The van der Waals surface area contributed by atoms with Crippen molar-refractivity contribution in [3.8, 4) is 5.75 Å². The van der Waals surface area contributed by atoms with Gasteiger partial charge in [-0.3, -0.25) is 4.99 Å². The van der Waals surface area contributed by atoms with E-state index in [4.69, 9.17) is 4.74 Å². The molecule has 1 fully saturated rings. The fraction of sp³-hybridized carbons (Fsp3) is 0.632. The molecule has 0 amide bonds. The lowest BCUT2D eigenvalue weighted by Crippen LogP contribution is -2.38. The number of alkyl halides is 3. The van der Waals surface area contributed by atoms with Crippen molar-refractivity contribution in [1.29, 1.82) is 0 Å². The van der Waals surface area contributed by atoms with Crippen LogP contribution in [0, 0.1) is 6.92 Å². The number of hydrogen-bond donors (Lipinski definition) is 2. The van der Waals surface area contributed by atoms with E-state index in [1.165, 1.54) is 25.9 Å². The van der Waals surface area contributed by atoms with Gasteiger partial charge in [-0.15, -0.1) is 0 Å². The topological polar surface area (TPSA) is 48.9 Å². The third-order valence-corrected chi connectivity index (χ3v) is 4.43. The normalized spacial score (nSPS) is 15.8. The van der Waals surface area contributed by atoms with Crippen LogP contribution in [0.25, 0.3) is 0 Å². The Morgan fingerprint density at radius 1 is 1.22 bits per heavy atom. The minimum absolute atomic E-state index is 0.240. The third kappa shape index (κ3) is 8.07. The van der Waals surface area contributed by atoms with Crippen molar-refractivity contribution in [1.82, 2.24) is 15.5 Å². The first-order chi connectivity index (χ1) is 12.9. The van der Waals surface area contributed by atoms with E-state index in [2.05, 4.69) is 20.5 Å². The maximum absolute atomic E-state index is 12.5. The Morgan fingerprint density at radius 3 is 2.63 bits per heavy atom. The fourth-order valence-corrected chi connectivity index (χ4v) is 3.02. The van der Waals surface area contributed by atoms with E-state index in [1.807, 2.05) is 13.0 Å². The summed E-state index contributed by atoms with van der Waals surface area (Å²) in [4.78, 5) is 6.62. The molecule has 1 aromatic carbocycles. The van der Waals surface area contributed by atoms with Gasteiger partial charge in [0.15, 0.2) is 12.6 Å². The molecule has 27 heavy (non-hydrogen) atoms. The van der Waals surface area contributed by atoms with Crippen molar-refractivity contribution in [2.45, 2.75) is 38.9 Å². The zero-order chi connectivity index (χ0) is 19.7. The van der Waals surface area contributed by atoms with Crippen LogP contribution in [-0.2, 0) is 6.54 Å². The predicted octanol–water partition coefficient (Wildman–Crippen LogP) is 3.09. The quantitative estimate of drug-likeness (QED) is 0.410. The Hall–Kier alpha value is -1.96. The molecule has 5 nitrogen and oxygen atoms in total. The second-order valence-electron chi connectivity index (χ2n) is 6.77. The molecule has 152 valence electrons. The Bertz CT molecular complexity index is 613. The predicted molar refractivity (Wildman–Crippen MR) is 101 cm³/mol. The van der Waals surface area contributed by atoms with Crippen LogP contribution in [0.2, 0.25) is 0 Å². The maximum atomic E-state index is 12.5. The minimum Gasteiger partial charge on any atom is -0.484 e. The fourth-order valence-electron chi connectivity index (χ4n) is 3.02. The Labute approximate surface area is 159 Å². The van der Waals surface area contributed by atoms with Gasteiger partial charge in [0.05, 0.1) is 0 Å². The minimum atomic E-state index is -4.36. The van der Waals surface area contributed by atoms with Crippen LogP contribution in [0.15, 0.2) is 23.2 Å². The van der Waals surface area contributed by atoms with Gasteiger partial charge in [0.25, 0.3) is 0 Å². The van der Waals surface area contributed by atoms with Crippen molar-refractivity contribution < 1.29 is 17.9 Å². The van der Waals surface area contributed by atoms with Gasteiger partial charge in [0.1, 0.15) is 5.75 Å². The first kappa shape index (κ1) is 21.3. The highest BCUT2D eigenvalue weighted by Gasteiger charge is 2.28. The summed E-state index contributed by atoms with van der Waals surface area (Å²) in [6.45, 7) is 5.08. The Kier molecular flexibility index (Phi) is 8.22. The van der Waals surface area contributed by atoms with Gasteiger partial charge in [-0.25, -0.2) is 0 Å². The number of halogens is 3. The molecule has 0 atom stereocenters. The maximum Gasteiger partial charge on any atom is 0.422 e. The molecule has 1 aliphatic rings. The van der Waals surface area contributed by atoms with E-state index in [9.17, 15) is 13.2 Å². The highest BCUT2D eigenvalue weighted by molar-refractivity contribution is 5.79. The average molecular weight is 386 g/mol. The average Bonchev–Trinajstić information content (AvgIpc) is 3.13. The van der Waals surface area contributed by atoms with Crippen molar-refractivity contribution in [2.75, 3.05) is 39.8 Å². The molecule has 0 aliphatic carbocycles. The van der Waals surface area contributed by atoms with Gasteiger partial charge in [-0.05, 0) is 57.5 Å². The van der Waals surface area contributed by atoms with Crippen LogP contribution in [0.3, 0.4) is 0 Å². The zero-order valence-corrected chi connectivity index (χ0v) is 16.0. The first-order valence-corrected chi connectivity index (χ1v) is 9.33. The third-order valence-electron chi connectivity index (χ3n) is 4.43. The van der Waals surface area contributed by atoms with Crippen molar-refractivity contribution in [3.63, 3.8) is 0 Å². The Balaban J connectivity index is 1.80. The summed E-state index contributed by atoms with van der Waals surface area (Å²) in [5, 5.41) is 6.38. The highest BCUT2D eigenvalue weighted by atomic mass is 19.4. The molecule has 0 spiro atoms. The summed E-state index contributed by atoms with van der Waals surface area (Å²) in [6.07, 6.45) is -0.773. The van der Waals surface area contributed by atoms with Crippen molar-refractivity contribution in [3.05, 3.63) is 29.3 Å². The summed E-state index contributed by atoms with van der Waals surface area (Å²) in [7, 11) is 1.67. The summed E-state index contributed by atoms with van der Waals surface area (Å²) in [5.41, 5.74) is 1.50. The number of likely N-dealkylation sites (tertiary alicyclic amines) is 1. The first-order valence-electron chi connectivity index (χ1n) is 9.33. The van der Waals surface area contributed by atoms with Gasteiger partial charge in [0.2, 0.25) is 0 Å². The number of nitrogens with zero attached hydrogens (tertiary/aromatic N) is 2. The SMILES string of the molecule is CN=C(NCCCN1CCCC1)NCc1ccc(C)cc1OCC(F)(F)F. The molecular formula is C19H29F3N4O. The molecule has 1 aliphatic heterocycles. The molecule has 1 aromatic rings. The number of benzene rings is 1. The zero-order valence-electron chi connectivity index (χ0n) is 16.0. The second kappa shape index (κ2) is 10.4. The molecule has 1 heterocycles. The molecule has 2 rings (SSSR count). The van der Waals surface area contributed by atoms with Gasteiger partial charge < -0.3 is 20.3 Å². The van der Waals surface area contributed by atoms with Gasteiger partial charge in [-0.2, -0.15) is 13.2 Å². The van der Waals surface area contributed by atoms with Crippen LogP contribution in [-0.4, -0.2) is 56.9 Å². The standard InChI is InChI=1S/C19H29F3N4O/c1-15-6-7-16(17(12-15)27-14-19(20,21)22)13-25-18(23-2)24-8-5-11-26-9-3-4-10-26/h6-7,12H,3-5,8-11,13-14H2,1-2H3,(H2,23,24,25). The lowest BCUT2D eigenvalue weighted by molar-refractivity contribution is -0.153. The van der Waals surface area contributed by atoms with E-state index in [0.29, 0.717) is 18.1 Å². The molecule has 2 N–H and O–H groups in total. The number of guanidine groups is 1. The number of hydrogen-bond acceptors (Lipinski definition) is 3. The molecule has 8 heteroatoms. The van der Waals surface area contributed by atoms with E-state index < -0.39 is 12.8 Å². The monoisotopic (exact) mass is 386 g/mol. The molecule has 0 bridgehead atoms. The van der Waals surface area contributed by atoms with E-state index in [0.717, 1.165) is 25.1 Å². The van der Waals surface area contributed by atoms with Crippen LogP contribution < -0.4 is 15.4 Å². The van der Waals surface area contributed by atoms with Crippen LogP contribution in [0.4, 0.5) is 13.2 Å². The molecule has 1 saturated heterocycles. The van der Waals surface area contributed by atoms with E-state index >= 15 is 0 Å². The number of aliphatic imine (C=N–C) groups is 1. The lowest BCUT2D eigenvalue weighted by Gasteiger charge is -2.17. The molecule has 0 saturated carbocycles. The molecule has 0 unspecified atom stereocenters. The van der Waals surface area contributed by atoms with Gasteiger partial charge in [0, 0.05) is 25.7 Å². The smallest absolute Gasteiger partial charge is 0.422 e. The summed E-state index contributed by atoms with van der Waals surface area (Å²) >= 11 is 0. The highest BCUT2D eigenvalue weighted by Crippen LogP contribution is 2.23. The number of rotatable bonds is 8. The summed E-state index contributed by atoms with van der Waals surface area (Å²) in [5.74, 6) is 0.864. The van der Waals surface area contributed by atoms with Crippen molar-refractivity contribution in [2.24, 2.45) is 4.99 Å². The molecule has 0 radical (unpaired) electrons. The van der Waals surface area contributed by atoms with Gasteiger partial charge in [-0.1, -0.05) is 12.1 Å². The lowest BCUT2D eigenvalue weighted by atomic mass is 10.1. The van der Waals surface area contributed by atoms with Crippen LogP contribution >= 0.6 is 0 Å².